The molecule has 0 saturated heterocycles. The third-order valence-corrected chi connectivity index (χ3v) is 5.81. The molecule has 4 nitrogen and oxygen atoms in total. The summed E-state index contributed by atoms with van der Waals surface area (Å²) in [6, 6.07) is 21.1. The van der Waals surface area contributed by atoms with Crippen LogP contribution in [-0.2, 0) is 6.61 Å². The highest BCUT2D eigenvalue weighted by Gasteiger charge is 2.30. The van der Waals surface area contributed by atoms with E-state index in [2.05, 4.69) is 6.92 Å². The molecule has 0 radical (unpaired) electrons. The number of fused-ring (bicyclic) bond motifs is 1. The second-order valence-corrected chi connectivity index (χ2v) is 8.06. The minimum Gasteiger partial charge on any atom is -0.497 e. The molecule has 0 N–H and O–H groups in total. The van der Waals surface area contributed by atoms with E-state index in [-0.39, 0.29) is 5.43 Å². The number of aryl methyl sites for hydroxylation is 1. The lowest BCUT2D eigenvalue weighted by molar-refractivity contribution is 0.309. The van der Waals surface area contributed by atoms with Crippen molar-refractivity contribution in [3.63, 3.8) is 0 Å². The average Bonchev–Trinajstić information content (AvgIpc) is 3.63. The lowest BCUT2D eigenvalue weighted by Gasteiger charge is -2.15. The smallest absolute Gasteiger partial charge is 0.197 e. The Kier molecular flexibility index (Phi) is 4.99. The highest BCUT2D eigenvalue weighted by molar-refractivity contribution is 5.89. The standard InChI is InChI=1S/C27H24O4/c1-17-14-24(30-16-18-6-4-3-5-7-18)26-22(28)15-23(19-10-12-21(29-2)13-11-19)31-27(26)25(17)20-8-9-20/h3-7,10-15,20H,8-9,16H2,1-2H3. The fourth-order valence-electron chi connectivity index (χ4n) is 4.07. The van der Waals surface area contributed by atoms with E-state index < -0.39 is 0 Å². The zero-order valence-electron chi connectivity index (χ0n) is 17.7. The van der Waals surface area contributed by atoms with Crippen LogP contribution in [0.25, 0.3) is 22.3 Å². The number of hydrogen-bond donors (Lipinski definition) is 0. The summed E-state index contributed by atoms with van der Waals surface area (Å²) >= 11 is 0. The van der Waals surface area contributed by atoms with Gasteiger partial charge in [-0.15, -0.1) is 0 Å². The first-order valence-electron chi connectivity index (χ1n) is 10.6. The zero-order valence-corrected chi connectivity index (χ0v) is 17.7. The predicted molar refractivity (Wildman–Crippen MR) is 122 cm³/mol. The van der Waals surface area contributed by atoms with Crippen LogP contribution in [-0.4, -0.2) is 7.11 Å². The lowest BCUT2D eigenvalue weighted by Crippen LogP contribution is -2.07. The molecule has 3 aromatic carbocycles. The Morgan fingerprint density at radius 2 is 1.74 bits per heavy atom. The minimum atomic E-state index is -0.0861. The van der Waals surface area contributed by atoms with Crippen molar-refractivity contribution in [3.8, 4) is 22.8 Å². The van der Waals surface area contributed by atoms with Gasteiger partial charge >= 0.3 is 0 Å². The topological polar surface area (TPSA) is 48.7 Å². The third kappa shape index (κ3) is 3.81. The molecule has 1 fully saturated rings. The predicted octanol–water partition coefficient (Wildman–Crippen LogP) is 6.23. The van der Waals surface area contributed by atoms with Gasteiger partial charge in [0.2, 0.25) is 0 Å². The number of ether oxygens (including phenoxy) is 2. The van der Waals surface area contributed by atoms with E-state index in [4.69, 9.17) is 13.9 Å². The molecule has 1 aliphatic carbocycles. The van der Waals surface area contributed by atoms with Crippen molar-refractivity contribution in [1.29, 1.82) is 0 Å². The van der Waals surface area contributed by atoms with Crippen LogP contribution < -0.4 is 14.9 Å². The maximum atomic E-state index is 13.3. The van der Waals surface area contributed by atoms with Crippen molar-refractivity contribution >= 4 is 11.0 Å². The minimum absolute atomic E-state index is 0.0861. The van der Waals surface area contributed by atoms with E-state index in [0.29, 0.717) is 35.0 Å². The van der Waals surface area contributed by atoms with Crippen LogP contribution in [0.4, 0.5) is 0 Å². The van der Waals surface area contributed by atoms with Gasteiger partial charge in [0.15, 0.2) is 5.43 Å². The highest BCUT2D eigenvalue weighted by Crippen LogP contribution is 2.46. The first-order valence-corrected chi connectivity index (χ1v) is 10.6. The van der Waals surface area contributed by atoms with E-state index in [1.54, 1.807) is 13.2 Å². The molecule has 5 rings (SSSR count). The maximum absolute atomic E-state index is 13.3. The summed E-state index contributed by atoms with van der Waals surface area (Å²) in [7, 11) is 1.63. The molecule has 156 valence electrons. The zero-order chi connectivity index (χ0) is 21.4. The Balaban J connectivity index is 1.63. The summed E-state index contributed by atoms with van der Waals surface area (Å²) in [4.78, 5) is 13.3. The van der Waals surface area contributed by atoms with Crippen LogP contribution in [0.3, 0.4) is 0 Å². The quantitative estimate of drug-likeness (QED) is 0.376. The normalized spacial score (nSPS) is 13.4. The van der Waals surface area contributed by atoms with Gasteiger partial charge < -0.3 is 13.9 Å². The Morgan fingerprint density at radius 3 is 2.42 bits per heavy atom. The molecule has 0 atom stereocenters. The second-order valence-electron chi connectivity index (χ2n) is 8.06. The van der Waals surface area contributed by atoms with Crippen LogP contribution in [0, 0.1) is 6.92 Å². The van der Waals surface area contributed by atoms with Gasteiger partial charge in [-0.2, -0.15) is 0 Å². The van der Waals surface area contributed by atoms with Crippen LogP contribution in [0.15, 0.2) is 75.9 Å². The number of rotatable bonds is 6. The summed E-state index contributed by atoms with van der Waals surface area (Å²) in [6.07, 6.45) is 2.24. The first-order chi connectivity index (χ1) is 15.1. The Labute approximate surface area is 181 Å². The Bertz CT molecular complexity index is 1280. The van der Waals surface area contributed by atoms with Crippen LogP contribution in [0.2, 0.25) is 0 Å². The molecule has 0 bridgehead atoms. The SMILES string of the molecule is COc1ccc(-c2cc(=O)c3c(OCc4ccccc4)cc(C)c(C4CC4)c3o2)cc1. The van der Waals surface area contributed by atoms with Crippen molar-refractivity contribution in [2.45, 2.75) is 32.3 Å². The summed E-state index contributed by atoms with van der Waals surface area (Å²) < 4.78 is 17.8. The molecule has 0 aliphatic heterocycles. The summed E-state index contributed by atoms with van der Waals surface area (Å²) in [5.74, 6) is 2.34. The second kappa shape index (κ2) is 7.95. The van der Waals surface area contributed by atoms with E-state index in [0.717, 1.165) is 40.8 Å². The van der Waals surface area contributed by atoms with E-state index in [1.165, 1.54) is 0 Å². The average molecular weight is 412 g/mol. The molecule has 1 saturated carbocycles. The monoisotopic (exact) mass is 412 g/mol. The molecule has 4 heteroatoms. The van der Waals surface area contributed by atoms with Crippen LogP contribution >= 0.6 is 0 Å². The lowest BCUT2D eigenvalue weighted by atomic mass is 9.99. The van der Waals surface area contributed by atoms with Crippen molar-refractivity contribution in [2.75, 3.05) is 7.11 Å². The summed E-state index contributed by atoms with van der Waals surface area (Å²) in [6.45, 7) is 2.47. The van der Waals surface area contributed by atoms with Gasteiger partial charge in [-0.25, -0.2) is 0 Å². The van der Waals surface area contributed by atoms with Gasteiger partial charge in [-0.1, -0.05) is 30.3 Å². The number of methoxy groups -OCH3 is 1. The van der Waals surface area contributed by atoms with Gasteiger partial charge in [0, 0.05) is 17.2 Å². The van der Waals surface area contributed by atoms with Gasteiger partial charge in [0.1, 0.15) is 34.8 Å². The Morgan fingerprint density at radius 1 is 1.00 bits per heavy atom. The first kappa shape index (κ1) is 19.4. The fourth-order valence-corrected chi connectivity index (χ4v) is 4.07. The van der Waals surface area contributed by atoms with Crippen LogP contribution in [0.5, 0.6) is 11.5 Å². The van der Waals surface area contributed by atoms with Gasteiger partial charge in [0.25, 0.3) is 0 Å². The molecular formula is C27H24O4. The summed E-state index contributed by atoms with van der Waals surface area (Å²) in [5, 5.41) is 0.528. The van der Waals surface area contributed by atoms with E-state index in [9.17, 15) is 4.79 Å². The molecule has 1 aliphatic rings. The molecule has 1 heterocycles. The van der Waals surface area contributed by atoms with Crippen LogP contribution in [0.1, 0.15) is 35.4 Å². The molecular weight excluding hydrogens is 388 g/mol. The highest BCUT2D eigenvalue weighted by atomic mass is 16.5. The van der Waals surface area contributed by atoms with E-state index >= 15 is 0 Å². The molecule has 0 unspecified atom stereocenters. The fraction of sp³-hybridized carbons (Fsp3) is 0.222. The van der Waals surface area contributed by atoms with Crippen molar-refractivity contribution in [3.05, 3.63) is 93.6 Å². The number of benzene rings is 3. The third-order valence-electron chi connectivity index (χ3n) is 5.81. The van der Waals surface area contributed by atoms with Crippen molar-refractivity contribution in [1.82, 2.24) is 0 Å². The molecule has 4 aromatic rings. The summed E-state index contributed by atoms with van der Waals surface area (Å²) in [5.41, 5.74) is 4.71. The molecule has 0 amide bonds. The van der Waals surface area contributed by atoms with E-state index in [1.807, 2.05) is 60.7 Å². The Hall–Kier alpha value is -3.53. The maximum Gasteiger partial charge on any atom is 0.197 e. The van der Waals surface area contributed by atoms with Crippen molar-refractivity contribution in [2.24, 2.45) is 0 Å². The van der Waals surface area contributed by atoms with Gasteiger partial charge in [-0.05, 0) is 67.1 Å². The molecule has 31 heavy (non-hydrogen) atoms. The van der Waals surface area contributed by atoms with Gasteiger partial charge in [0.05, 0.1) is 7.11 Å². The van der Waals surface area contributed by atoms with Crippen molar-refractivity contribution < 1.29 is 13.9 Å². The number of hydrogen-bond acceptors (Lipinski definition) is 4. The molecule has 1 aromatic heterocycles. The van der Waals surface area contributed by atoms with Gasteiger partial charge in [-0.3, -0.25) is 4.79 Å². The molecule has 0 spiro atoms. The largest absolute Gasteiger partial charge is 0.497 e.